The van der Waals surface area contributed by atoms with Crippen molar-refractivity contribution >= 4 is 17.7 Å². The fourth-order valence-corrected chi connectivity index (χ4v) is 2.02. The van der Waals surface area contributed by atoms with Crippen LogP contribution < -0.4 is 11.1 Å². The summed E-state index contributed by atoms with van der Waals surface area (Å²) in [6.07, 6.45) is 0.786. The fourth-order valence-electron chi connectivity index (χ4n) is 2.02. The molecule has 0 saturated carbocycles. The molecule has 0 aliphatic carbocycles. The molecule has 2 aliphatic rings. The second kappa shape index (κ2) is 2.80. The van der Waals surface area contributed by atoms with Gasteiger partial charge in [0.1, 0.15) is 11.3 Å². The van der Waals surface area contributed by atoms with Crippen LogP contribution in [0.25, 0.3) is 0 Å². The van der Waals surface area contributed by atoms with Crippen LogP contribution in [0.5, 0.6) is 0 Å². The van der Waals surface area contributed by atoms with Gasteiger partial charge in [-0.05, 0) is 19.3 Å². The number of carbonyl (C=O) groups is 1. The number of nitrogens with one attached hydrogen (secondary N) is 1. The first-order chi connectivity index (χ1) is 6.52. The normalized spacial score (nSPS) is 36.7. The molecule has 0 aromatic heterocycles. The van der Waals surface area contributed by atoms with Crippen LogP contribution >= 0.6 is 0 Å². The molecule has 1 amide bonds. The molecule has 2 rings (SSSR count). The van der Waals surface area contributed by atoms with Crippen molar-refractivity contribution in [2.24, 2.45) is 27.1 Å². The van der Waals surface area contributed by atoms with Crippen molar-refractivity contribution in [1.82, 2.24) is 5.32 Å². The Morgan fingerprint density at radius 1 is 1.64 bits per heavy atom. The zero-order valence-electron chi connectivity index (χ0n) is 8.37. The van der Waals surface area contributed by atoms with Crippen molar-refractivity contribution < 1.29 is 4.79 Å². The minimum Gasteiger partial charge on any atom is -0.369 e. The Kier molecular flexibility index (Phi) is 1.83. The lowest BCUT2D eigenvalue weighted by Crippen LogP contribution is -2.55. The second-order valence-electron chi connectivity index (χ2n) is 4.26. The molecule has 0 aromatic carbocycles. The summed E-state index contributed by atoms with van der Waals surface area (Å²) in [5.41, 5.74) is 4.88. The van der Waals surface area contributed by atoms with Gasteiger partial charge in [-0.25, -0.2) is 0 Å². The number of hydrogen-bond donors (Lipinski definition) is 2. The molecule has 0 saturated heterocycles. The number of nitrogens with two attached hydrogens (primary N) is 1. The van der Waals surface area contributed by atoms with E-state index in [4.69, 9.17) is 5.73 Å². The number of rotatable bonds is 0. The number of amidine groups is 1. The van der Waals surface area contributed by atoms with Crippen molar-refractivity contribution in [3.63, 3.8) is 0 Å². The Morgan fingerprint density at radius 3 is 3.07 bits per heavy atom. The minimum atomic E-state index is -0.583. The predicted octanol–water partition coefficient (Wildman–Crippen LogP) is -0.125. The standard InChI is InChI=1S/C9H14N4O/c1-5-3-9(2)6(11-4-5)12-8(10)13-7(9)14/h5H,3-4H2,1-2H3,(H3,10,11,12,13,14)/t5-,9+/m0/s1. The monoisotopic (exact) mass is 194 g/mol. The van der Waals surface area contributed by atoms with Crippen LogP contribution in [0.4, 0.5) is 0 Å². The molecule has 14 heavy (non-hydrogen) atoms. The third-order valence-electron chi connectivity index (χ3n) is 2.77. The molecule has 0 fully saturated rings. The van der Waals surface area contributed by atoms with E-state index in [1.165, 1.54) is 0 Å². The molecule has 2 atom stereocenters. The summed E-state index contributed by atoms with van der Waals surface area (Å²) in [4.78, 5) is 20.1. The summed E-state index contributed by atoms with van der Waals surface area (Å²) in [5.74, 6) is 1.07. The molecule has 0 unspecified atom stereocenters. The summed E-state index contributed by atoms with van der Waals surface area (Å²) >= 11 is 0. The average molecular weight is 194 g/mol. The first-order valence-corrected chi connectivity index (χ1v) is 4.73. The van der Waals surface area contributed by atoms with Gasteiger partial charge >= 0.3 is 0 Å². The van der Waals surface area contributed by atoms with Crippen molar-refractivity contribution in [2.75, 3.05) is 6.54 Å². The minimum absolute atomic E-state index is 0.0877. The number of hydrogen-bond acceptors (Lipinski definition) is 4. The van der Waals surface area contributed by atoms with E-state index >= 15 is 0 Å². The Bertz CT molecular complexity index is 347. The molecule has 0 radical (unpaired) electrons. The van der Waals surface area contributed by atoms with Crippen LogP contribution in [0.3, 0.4) is 0 Å². The zero-order valence-corrected chi connectivity index (χ0v) is 8.37. The highest BCUT2D eigenvalue weighted by Crippen LogP contribution is 2.34. The molecule has 3 N–H and O–H groups in total. The van der Waals surface area contributed by atoms with Gasteiger partial charge in [0.2, 0.25) is 11.9 Å². The highest BCUT2D eigenvalue weighted by molar-refractivity contribution is 6.19. The molecule has 76 valence electrons. The third kappa shape index (κ3) is 1.20. The van der Waals surface area contributed by atoms with E-state index in [1.54, 1.807) is 0 Å². The summed E-state index contributed by atoms with van der Waals surface area (Å²) < 4.78 is 0. The maximum atomic E-state index is 11.8. The van der Waals surface area contributed by atoms with E-state index in [-0.39, 0.29) is 11.9 Å². The molecule has 2 heterocycles. The number of aliphatic imine (C=N–C) groups is 2. The van der Waals surface area contributed by atoms with Crippen LogP contribution in [-0.2, 0) is 4.79 Å². The summed E-state index contributed by atoms with van der Waals surface area (Å²) in [6.45, 7) is 4.68. The van der Waals surface area contributed by atoms with Crippen LogP contribution in [0.2, 0.25) is 0 Å². The number of carbonyl (C=O) groups excluding carboxylic acids is 1. The van der Waals surface area contributed by atoms with E-state index in [0.29, 0.717) is 11.8 Å². The average Bonchev–Trinajstić information content (AvgIpc) is 2.08. The quantitative estimate of drug-likeness (QED) is 0.563. The Morgan fingerprint density at radius 2 is 2.36 bits per heavy atom. The zero-order chi connectivity index (χ0) is 10.3. The molecular formula is C9H14N4O. The highest BCUT2D eigenvalue weighted by atomic mass is 16.2. The van der Waals surface area contributed by atoms with E-state index in [2.05, 4.69) is 22.2 Å². The van der Waals surface area contributed by atoms with Crippen LogP contribution in [0, 0.1) is 11.3 Å². The van der Waals surface area contributed by atoms with Crippen molar-refractivity contribution in [2.45, 2.75) is 20.3 Å². The number of guanidine groups is 1. The molecule has 0 spiro atoms. The van der Waals surface area contributed by atoms with Crippen molar-refractivity contribution in [1.29, 1.82) is 0 Å². The van der Waals surface area contributed by atoms with Crippen LogP contribution in [0.1, 0.15) is 20.3 Å². The van der Waals surface area contributed by atoms with E-state index in [9.17, 15) is 4.79 Å². The van der Waals surface area contributed by atoms with Gasteiger partial charge in [0, 0.05) is 6.54 Å². The van der Waals surface area contributed by atoms with E-state index in [1.807, 2.05) is 6.92 Å². The van der Waals surface area contributed by atoms with Gasteiger partial charge in [-0.2, -0.15) is 4.99 Å². The van der Waals surface area contributed by atoms with Crippen molar-refractivity contribution in [3.8, 4) is 0 Å². The van der Waals surface area contributed by atoms with Crippen LogP contribution in [0.15, 0.2) is 9.98 Å². The smallest absolute Gasteiger partial charge is 0.240 e. The Hall–Kier alpha value is -1.39. The van der Waals surface area contributed by atoms with Crippen LogP contribution in [-0.4, -0.2) is 24.2 Å². The second-order valence-corrected chi connectivity index (χ2v) is 4.26. The Balaban J connectivity index is 2.45. The Labute approximate surface area is 82.5 Å². The SMILES string of the molecule is C[C@@H]1CN=C2N=C(N)NC(=O)[C@]2(C)C1. The maximum absolute atomic E-state index is 11.8. The van der Waals surface area contributed by atoms with Gasteiger partial charge in [-0.3, -0.25) is 15.1 Å². The first kappa shape index (κ1) is 9.18. The van der Waals surface area contributed by atoms with Gasteiger partial charge in [-0.1, -0.05) is 6.92 Å². The lowest BCUT2D eigenvalue weighted by atomic mass is 9.77. The fraction of sp³-hybridized carbons (Fsp3) is 0.667. The first-order valence-electron chi connectivity index (χ1n) is 4.73. The lowest BCUT2D eigenvalue weighted by molar-refractivity contribution is -0.126. The molecule has 0 bridgehead atoms. The largest absolute Gasteiger partial charge is 0.369 e. The highest BCUT2D eigenvalue weighted by Gasteiger charge is 2.45. The topological polar surface area (TPSA) is 79.8 Å². The van der Waals surface area contributed by atoms with E-state index in [0.717, 1.165) is 13.0 Å². The summed E-state index contributed by atoms with van der Waals surface area (Å²) in [7, 11) is 0. The lowest BCUT2D eigenvalue weighted by Gasteiger charge is -2.36. The van der Waals surface area contributed by atoms with Gasteiger partial charge in [0.25, 0.3) is 0 Å². The molecule has 0 aromatic rings. The van der Waals surface area contributed by atoms with Gasteiger partial charge in [-0.15, -0.1) is 0 Å². The summed E-state index contributed by atoms with van der Waals surface area (Å²) in [5, 5.41) is 2.55. The molecule has 5 heteroatoms. The van der Waals surface area contributed by atoms with Gasteiger partial charge < -0.3 is 5.73 Å². The number of fused-ring (bicyclic) bond motifs is 1. The predicted molar refractivity (Wildman–Crippen MR) is 54.0 cm³/mol. The van der Waals surface area contributed by atoms with Crippen molar-refractivity contribution in [3.05, 3.63) is 0 Å². The molecule has 2 aliphatic heterocycles. The summed E-state index contributed by atoms with van der Waals surface area (Å²) in [6, 6.07) is 0. The van der Waals surface area contributed by atoms with Gasteiger partial charge in [0.15, 0.2) is 0 Å². The van der Waals surface area contributed by atoms with E-state index < -0.39 is 5.41 Å². The van der Waals surface area contributed by atoms with Gasteiger partial charge in [0.05, 0.1) is 0 Å². The number of amides is 1. The molecular weight excluding hydrogens is 180 g/mol. The maximum Gasteiger partial charge on any atom is 0.240 e. The third-order valence-corrected chi connectivity index (χ3v) is 2.77. The molecule has 5 nitrogen and oxygen atoms in total. The number of nitrogens with zero attached hydrogens (tertiary/aromatic N) is 2.